The topological polar surface area (TPSA) is 21.3 Å². The summed E-state index contributed by atoms with van der Waals surface area (Å²) >= 11 is 0. The molecule has 1 rings (SSSR count). The van der Waals surface area contributed by atoms with Gasteiger partial charge in [0.25, 0.3) is 0 Å². The first-order valence-electron chi connectivity index (χ1n) is 7.54. The van der Waals surface area contributed by atoms with E-state index >= 15 is 0 Å². The standard InChI is InChI=1S/C15H31NO/c1-5-9-16-14-8-7-13(12(3)4)11-15(14)17-10-6-2/h12-16H,5-11H2,1-4H3. The average Bonchev–Trinajstić information content (AvgIpc) is 2.34. The first-order chi connectivity index (χ1) is 8.19. The smallest absolute Gasteiger partial charge is 0.0730 e. The lowest BCUT2D eigenvalue weighted by Gasteiger charge is -2.38. The van der Waals surface area contributed by atoms with Gasteiger partial charge in [0, 0.05) is 12.6 Å². The van der Waals surface area contributed by atoms with Crippen molar-refractivity contribution >= 4 is 0 Å². The van der Waals surface area contributed by atoms with Gasteiger partial charge in [-0.05, 0) is 50.5 Å². The van der Waals surface area contributed by atoms with Crippen molar-refractivity contribution < 1.29 is 4.74 Å². The van der Waals surface area contributed by atoms with Gasteiger partial charge in [0.1, 0.15) is 0 Å². The summed E-state index contributed by atoms with van der Waals surface area (Å²) in [6.07, 6.45) is 6.69. The van der Waals surface area contributed by atoms with Crippen LogP contribution in [0.15, 0.2) is 0 Å². The van der Waals surface area contributed by atoms with Crippen LogP contribution in [0.1, 0.15) is 59.8 Å². The van der Waals surface area contributed by atoms with Gasteiger partial charge in [-0.2, -0.15) is 0 Å². The summed E-state index contributed by atoms with van der Waals surface area (Å²) in [6.45, 7) is 11.2. The van der Waals surface area contributed by atoms with Crippen molar-refractivity contribution in [3.05, 3.63) is 0 Å². The third kappa shape index (κ3) is 4.97. The number of ether oxygens (including phenoxy) is 1. The Morgan fingerprint density at radius 3 is 2.53 bits per heavy atom. The van der Waals surface area contributed by atoms with Crippen LogP contribution in [0.5, 0.6) is 0 Å². The Kier molecular flexibility index (Phi) is 7.14. The minimum Gasteiger partial charge on any atom is -0.377 e. The third-order valence-electron chi connectivity index (χ3n) is 3.97. The molecule has 0 heterocycles. The first-order valence-corrected chi connectivity index (χ1v) is 7.54. The second kappa shape index (κ2) is 8.10. The Bertz CT molecular complexity index is 193. The minimum absolute atomic E-state index is 0.447. The molecule has 0 radical (unpaired) electrons. The molecular formula is C15H31NO. The molecular weight excluding hydrogens is 210 g/mol. The summed E-state index contributed by atoms with van der Waals surface area (Å²) in [4.78, 5) is 0. The van der Waals surface area contributed by atoms with Crippen LogP contribution >= 0.6 is 0 Å². The van der Waals surface area contributed by atoms with E-state index in [1.807, 2.05) is 0 Å². The third-order valence-corrected chi connectivity index (χ3v) is 3.97. The number of nitrogens with one attached hydrogen (secondary N) is 1. The molecule has 0 aromatic carbocycles. The molecule has 2 nitrogen and oxygen atoms in total. The molecule has 1 aliphatic rings. The molecule has 0 aliphatic heterocycles. The van der Waals surface area contributed by atoms with E-state index in [9.17, 15) is 0 Å². The summed E-state index contributed by atoms with van der Waals surface area (Å²) in [5.74, 6) is 1.66. The maximum atomic E-state index is 6.06. The Morgan fingerprint density at radius 1 is 1.18 bits per heavy atom. The van der Waals surface area contributed by atoms with Crippen LogP contribution in [0.3, 0.4) is 0 Å². The first kappa shape index (κ1) is 15.0. The summed E-state index contributed by atoms with van der Waals surface area (Å²) in [5, 5.41) is 3.66. The van der Waals surface area contributed by atoms with Crippen molar-refractivity contribution in [3.8, 4) is 0 Å². The average molecular weight is 241 g/mol. The van der Waals surface area contributed by atoms with Gasteiger partial charge in [0.2, 0.25) is 0 Å². The maximum Gasteiger partial charge on any atom is 0.0730 e. The van der Waals surface area contributed by atoms with Crippen molar-refractivity contribution in [2.75, 3.05) is 13.2 Å². The van der Waals surface area contributed by atoms with Crippen LogP contribution < -0.4 is 5.32 Å². The highest BCUT2D eigenvalue weighted by Crippen LogP contribution is 2.31. The van der Waals surface area contributed by atoms with E-state index in [4.69, 9.17) is 4.74 Å². The van der Waals surface area contributed by atoms with E-state index in [-0.39, 0.29) is 0 Å². The highest BCUT2D eigenvalue weighted by atomic mass is 16.5. The zero-order valence-electron chi connectivity index (χ0n) is 12.2. The predicted molar refractivity (Wildman–Crippen MR) is 74.3 cm³/mol. The van der Waals surface area contributed by atoms with Crippen LogP contribution in [-0.4, -0.2) is 25.3 Å². The highest BCUT2D eigenvalue weighted by Gasteiger charge is 2.31. The number of hydrogen-bond donors (Lipinski definition) is 1. The molecule has 1 fully saturated rings. The second-order valence-electron chi connectivity index (χ2n) is 5.79. The monoisotopic (exact) mass is 241 g/mol. The van der Waals surface area contributed by atoms with Gasteiger partial charge in [0.15, 0.2) is 0 Å². The molecule has 0 saturated heterocycles. The number of hydrogen-bond acceptors (Lipinski definition) is 2. The molecule has 1 saturated carbocycles. The Hall–Kier alpha value is -0.0800. The Balaban J connectivity index is 2.46. The summed E-state index contributed by atoms with van der Waals surface area (Å²) < 4.78 is 6.06. The van der Waals surface area contributed by atoms with Gasteiger partial charge >= 0.3 is 0 Å². The predicted octanol–water partition coefficient (Wildman–Crippen LogP) is 3.61. The van der Waals surface area contributed by atoms with Crippen molar-refractivity contribution in [1.29, 1.82) is 0 Å². The fourth-order valence-corrected chi connectivity index (χ4v) is 2.78. The SMILES string of the molecule is CCCNC1CCC(C(C)C)CC1OCCC. The van der Waals surface area contributed by atoms with Gasteiger partial charge in [-0.3, -0.25) is 0 Å². The Morgan fingerprint density at radius 2 is 1.94 bits per heavy atom. The molecule has 102 valence electrons. The number of rotatable bonds is 7. The molecule has 2 heteroatoms. The van der Waals surface area contributed by atoms with Gasteiger partial charge in [-0.15, -0.1) is 0 Å². The van der Waals surface area contributed by atoms with Crippen LogP contribution in [0, 0.1) is 11.8 Å². The molecule has 0 spiro atoms. The van der Waals surface area contributed by atoms with E-state index in [1.54, 1.807) is 0 Å². The van der Waals surface area contributed by atoms with Gasteiger partial charge in [-0.1, -0.05) is 27.7 Å². The summed E-state index contributed by atoms with van der Waals surface area (Å²) in [5.41, 5.74) is 0. The zero-order chi connectivity index (χ0) is 12.7. The molecule has 0 amide bonds. The molecule has 0 aromatic heterocycles. The van der Waals surface area contributed by atoms with Crippen molar-refractivity contribution in [1.82, 2.24) is 5.32 Å². The summed E-state index contributed by atoms with van der Waals surface area (Å²) in [6, 6.07) is 0.594. The lowest BCUT2D eigenvalue weighted by molar-refractivity contribution is -0.0162. The fraction of sp³-hybridized carbons (Fsp3) is 1.00. The molecule has 0 bridgehead atoms. The Labute approximate surface area is 108 Å². The second-order valence-corrected chi connectivity index (χ2v) is 5.79. The van der Waals surface area contributed by atoms with Crippen molar-refractivity contribution in [3.63, 3.8) is 0 Å². The van der Waals surface area contributed by atoms with E-state index < -0.39 is 0 Å². The summed E-state index contributed by atoms with van der Waals surface area (Å²) in [7, 11) is 0. The van der Waals surface area contributed by atoms with E-state index in [1.165, 1.54) is 25.7 Å². The van der Waals surface area contributed by atoms with E-state index in [2.05, 4.69) is 33.0 Å². The highest BCUT2D eigenvalue weighted by molar-refractivity contribution is 4.86. The molecule has 1 aliphatic carbocycles. The lowest BCUT2D eigenvalue weighted by atomic mass is 9.78. The normalized spacial score (nSPS) is 29.8. The molecule has 3 unspecified atom stereocenters. The zero-order valence-corrected chi connectivity index (χ0v) is 12.2. The van der Waals surface area contributed by atoms with Crippen LogP contribution in [0.2, 0.25) is 0 Å². The van der Waals surface area contributed by atoms with Crippen molar-refractivity contribution in [2.24, 2.45) is 11.8 Å². The van der Waals surface area contributed by atoms with Gasteiger partial charge in [0.05, 0.1) is 6.10 Å². The largest absolute Gasteiger partial charge is 0.377 e. The van der Waals surface area contributed by atoms with E-state index in [0.29, 0.717) is 12.1 Å². The quantitative estimate of drug-likeness (QED) is 0.735. The molecule has 0 aromatic rings. The maximum absolute atomic E-state index is 6.06. The van der Waals surface area contributed by atoms with Crippen molar-refractivity contribution in [2.45, 2.75) is 71.9 Å². The molecule has 1 N–H and O–H groups in total. The lowest BCUT2D eigenvalue weighted by Crippen LogP contribution is -2.46. The fourth-order valence-electron chi connectivity index (χ4n) is 2.78. The molecule has 17 heavy (non-hydrogen) atoms. The van der Waals surface area contributed by atoms with Crippen LogP contribution in [0.4, 0.5) is 0 Å². The minimum atomic E-state index is 0.447. The van der Waals surface area contributed by atoms with Crippen LogP contribution in [-0.2, 0) is 4.74 Å². The van der Waals surface area contributed by atoms with Gasteiger partial charge in [-0.25, -0.2) is 0 Å². The molecule has 3 atom stereocenters. The van der Waals surface area contributed by atoms with E-state index in [0.717, 1.165) is 31.4 Å². The van der Waals surface area contributed by atoms with Crippen LogP contribution in [0.25, 0.3) is 0 Å². The van der Waals surface area contributed by atoms with Gasteiger partial charge < -0.3 is 10.1 Å².